The summed E-state index contributed by atoms with van der Waals surface area (Å²) in [5, 5.41) is 8.67. The van der Waals surface area contributed by atoms with E-state index in [9.17, 15) is 8.76 Å². The van der Waals surface area contributed by atoms with Crippen LogP contribution >= 0.6 is 11.3 Å². The second-order valence-electron chi connectivity index (χ2n) is 1.33. The van der Waals surface area contributed by atoms with Gasteiger partial charge in [0, 0.05) is 0 Å². The Morgan fingerprint density at radius 1 is 1.67 bits per heavy atom. The minimum absolute atomic E-state index is 0.0224. The predicted molar refractivity (Wildman–Crippen MR) is 33.2 cm³/mol. The minimum Gasteiger partial charge on any atom is -0.768 e. The van der Waals surface area contributed by atoms with E-state index < -0.39 is 11.1 Å². The topological polar surface area (TPSA) is 60.4 Å². The molecule has 0 aliphatic carbocycles. The molecule has 0 saturated carbocycles. The summed E-state index contributed by atoms with van der Waals surface area (Å²) in [6, 6.07) is 2.69. The zero-order chi connectivity index (χ0) is 6.85. The van der Waals surface area contributed by atoms with Gasteiger partial charge in [-0.15, -0.1) is 0 Å². The summed E-state index contributed by atoms with van der Waals surface area (Å²) in [5.41, 5.74) is 0. The molecule has 0 aliphatic rings. The van der Waals surface area contributed by atoms with Gasteiger partial charge in [-0.05, 0) is 23.2 Å². The van der Waals surface area contributed by atoms with Gasteiger partial charge < -0.3 is 9.66 Å². The molecule has 1 aromatic rings. The van der Waals surface area contributed by atoms with E-state index in [1.54, 1.807) is 0 Å². The van der Waals surface area contributed by atoms with Gasteiger partial charge in [-0.2, -0.15) is 0 Å². The van der Waals surface area contributed by atoms with E-state index in [4.69, 9.17) is 5.11 Å². The van der Waals surface area contributed by atoms with Crippen molar-refractivity contribution in [2.75, 3.05) is 0 Å². The van der Waals surface area contributed by atoms with Crippen LogP contribution in [0.1, 0.15) is 0 Å². The van der Waals surface area contributed by atoms with Gasteiger partial charge in [0.1, 0.15) is 0 Å². The lowest BCUT2D eigenvalue weighted by atomic mass is 10.7. The molecule has 0 amide bonds. The molecular formula is C4H3O3S2-. The van der Waals surface area contributed by atoms with Crippen LogP contribution in [0.25, 0.3) is 0 Å². The number of hydrogen-bond donors (Lipinski definition) is 1. The van der Waals surface area contributed by atoms with Crippen LogP contribution in [0.4, 0.5) is 0 Å². The lowest BCUT2D eigenvalue weighted by molar-refractivity contribution is 0.491. The summed E-state index contributed by atoms with van der Waals surface area (Å²) >= 11 is -1.36. The first-order chi connectivity index (χ1) is 4.20. The molecule has 0 aliphatic heterocycles. The van der Waals surface area contributed by atoms with E-state index in [0.29, 0.717) is 0 Å². The molecule has 0 saturated heterocycles. The van der Waals surface area contributed by atoms with Gasteiger partial charge in [-0.3, -0.25) is 4.21 Å². The van der Waals surface area contributed by atoms with Crippen molar-refractivity contribution in [2.45, 2.75) is 4.21 Å². The van der Waals surface area contributed by atoms with Crippen LogP contribution in [0.2, 0.25) is 0 Å². The first-order valence-corrected chi connectivity index (χ1v) is 3.97. The van der Waals surface area contributed by atoms with Crippen LogP contribution in [0.3, 0.4) is 0 Å². The van der Waals surface area contributed by atoms with E-state index in [1.807, 2.05) is 0 Å². The van der Waals surface area contributed by atoms with Gasteiger partial charge >= 0.3 is 0 Å². The Morgan fingerprint density at radius 3 is 2.56 bits per heavy atom. The summed E-state index contributed by atoms with van der Waals surface area (Å²) in [6.45, 7) is 0. The molecular weight excluding hydrogens is 160 g/mol. The average molecular weight is 163 g/mol. The van der Waals surface area contributed by atoms with E-state index in [-0.39, 0.29) is 9.27 Å². The largest absolute Gasteiger partial charge is 0.768 e. The molecule has 1 atom stereocenters. The van der Waals surface area contributed by atoms with Gasteiger partial charge in [0.15, 0.2) is 5.06 Å². The van der Waals surface area contributed by atoms with Crippen LogP contribution in [0, 0.1) is 0 Å². The smallest absolute Gasteiger partial charge is 0.172 e. The first kappa shape index (κ1) is 6.73. The van der Waals surface area contributed by atoms with Crippen molar-refractivity contribution in [2.24, 2.45) is 0 Å². The van der Waals surface area contributed by atoms with Crippen molar-refractivity contribution >= 4 is 22.4 Å². The lowest BCUT2D eigenvalue weighted by Gasteiger charge is -1.96. The summed E-state index contributed by atoms with van der Waals surface area (Å²) in [5.74, 6) is 0. The molecule has 1 unspecified atom stereocenters. The molecule has 50 valence electrons. The van der Waals surface area contributed by atoms with Crippen molar-refractivity contribution in [3.63, 3.8) is 0 Å². The van der Waals surface area contributed by atoms with Crippen molar-refractivity contribution in [3.8, 4) is 5.06 Å². The summed E-state index contributed by atoms with van der Waals surface area (Å²) in [6.07, 6.45) is 0. The zero-order valence-corrected chi connectivity index (χ0v) is 5.87. The third kappa shape index (κ3) is 1.51. The van der Waals surface area contributed by atoms with Gasteiger partial charge in [-0.25, -0.2) is 0 Å². The van der Waals surface area contributed by atoms with Crippen LogP contribution in [0.5, 0.6) is 5.06 Å². The minimum atomic E-state index is -2.20. The molecule has 1 heterocycles. The fourth-order valence-corrected chi connectivity index (χ4v) is 1.59. The molecule has 1 aromatic heterocycles. The predicted octanol–water partition coefficient (Wildman–Crippen LogP) is 0.692. The molecule has 3 nitrogen and oxygen atoms in total. The Labute approximate surface area is 58.2 Å². The van der Waals surface area contributed by atoms with Crippen LogP contribution in [-0.4, -0.2) is 13.9 Å². The summed E-state index contributed by atoms with van der Waals surface area (Å²) in [4.78, 5) is 0. The highest BCUT2D eigenvalue weighted by molar-refractivity contribution is 7.81. The highest BCUT2D eigenvalue weighted by Gasteiger charge is 1.95. The quantitative estimate of drug-likeness (QED) is 0.619. The molecule has 0 bridgehead atoms. The highest BCUT2D eigenvalue weighted by atomic mass is 32.2. The molecule has 9 heavy (non-hydrogen) atoms. The molecule has 5 heteroatoms. The van der Waals surface area contributed by atoms with Gasteiger partial charge in [0.2, 0.25) is 0 Å². The third-order valence-corrected chi connectivity index (χ3v) is 2.54. The van der Waals surface area contributed by atoms with Gasteiger partial charge in [0.05, 0.1) is 4.21 Å². The fraction of sp³-hybridized carbons (Fsp3) is 0. The van der Waals surface area contributed by atoms with Crippen LogP contribution in [-0.2, 0) is 11.1 Å². The van der Waals surface area contributed by atoms with Crippen LogP contribution < -0.4 is 0 Å². The van der Waals surface area contributed by atoms with E-state index >= 15 is 0 Å². The SMILES string of the molecule is O=S([O-])c1ccc(O)s1. The number of hydrogen-bond acceptors (Lipinski definition) is 4. The molecule has 0 aromatic carbocycles. The first-order valence-electron chi connectivity index (χ1n) is 2.08. The molecule has 1 N–H and O–H groups in total. The monoisotopic (exact) mass is 163 g/mol. The van der Waals surface area contributed by atoms with E-state index in [2.05, 4.69) is 0 Å². The molecule has 1 rings (SSSR count). The fourth-order valence-electron chi connectivity index (χ4n) is 0.400. The van der Waals surface area contributed by atoms with Gasteiger partial charge in [0.25, 0.3) is 0 Å². The van der Waals surface area contributed by atoms with E-state index in [0.717, 1.165) is 11.3 Å². The molecule has 0 radical (unpaired) electrons. The number of aromatic hydroxyl groups is 1. The maximum absolute atomic E-state index is 10.1. The van der Waals surface area contributed by atoms with Crippen molar-refractivity contribution < 1.29 is 13.9 Å². The second-order valence-corrected chi connectivity index (χ2v) is 3.56. The van der Waals surface area contributed by atoms with Gasteiger partial charge in [-0.1, -0.05) is 11.3 Å². The number of thiophene rings is 1. The Bertz CT molecular complexity index is 229. The highest BCUT2D eigenvalue weighted by Crippen LogP contribution is 2.24. The lowest BCUT2D eigenvalue weighted by Crippen LogP contribution is -1.80. The Morgan fingerprint density at radius 2 is 2.33 bits per heavy atom. The van der Waals surface area contributed by atoms with E-state index in [1.165, 1.54) is 12.1 Å². The third-order valence-electron chi connectivity index (χ3n) is 0.731. The van der Waals surface area contributed by atoms with Crippen molar-refractivity contribution in [1.82, 2.24) is 0 Å². The molecule has 0 fully saturated rings. The van der Waals surface area contributed by atoms with Crippen molar-refractivity contribution in [1.29, 1.82) is 0 Å². The van der Waals surface area contributed by atoms with Crippen molar-refractivity contribution in [3.05, 3.63) is 12.1 Å². The zero-order valence-electron chi connectivity index (χ0n) is 4.23. The maximum atomic E-state index is 10.1. The summed E-state index contributed by atoms with van der Waals surface area (Å²) in [7, 11) is 0. The Balaban J connectivity index is 2.98. The maximum Gasteiger partial charge on any atom is 0.172 e. The Hall–Kier alpha value is -0.390. The molecule has 0 spiro atoms. The second kappa shape index (κ2) is 2.47. The van der Waals surface area contributed by atoms with Crippen LogP contribution in [0.15, 0.2) is 16.3 Å². The normalized spacial score (nSPS) is 13.4. The summed E-state index contributed by atoms with van der Waals surface area (Å²) < 4.78 is 20.4. The Kier molecular flexibility index (Phi) is 1.84. The standard InChI is InChI=1S/C4H4O3S2/c5-3-1-2-4(8-3)9(6)7/h1-2,5H,(H,6,7)/p-1. The average Bonchev–Trinajstić information content (AvgIpc) is 2.14. The number of rotatable bonds is 1.